The van der Waals surface area contributed by atoms with Crippen LogP contribution >= 0.6 is 11.6 Å². The molecule has 0 N–H and O–H groups in total. The third-order valence-electron chi connectivity index (χ3n) is 4.68. The molecule has 0 aliphatic carbocycles. The second-order valence-corrected chi connectivity index (χ2v) is 7.12. The molecular formula is C19H21ClN4O. The fraction of sp³-hybridized carbons (Fsp3) is 0.368. The highest BCUT2D eigenvalue weighted by molar-refractivity contribution is 6.30. The molecule has 1 fully saturated rings. The maximum atomic E-state index is 6.04. The number of benzene rings is 1. The molecule has 0 radical (unpaired) electrons. The Hall–Kier alpha value is -2.11. The quantitative estimate of drug-likeness (QED) is 0.713. The van der Waals surface area contributed by atoms with E-state index in [1.54, 1.807) is 10.7 Å². The summed E-state index contributed by atoms with van der Waals surface area (Å²) in [6.07, 6.45) is 6.04. The summed E-state index contributed by atoms with van der Waals surface area (Å²) in [5.41, 5.74) is 2.85. The Kier molecular flexibility index (Phi) is 4.59. The van der Waals surface area contributed by atoms with Crippen molar-refractivity contribution in [3.05, 3.63) is 47.7 Å². The minimum Gasteiger partial charge on any atom is -0.476 e. The molecule has 0 spiro atoms. The first kappa shape index (κ1) is 16.4. The molecule has 1 unspecified atom stereocenters. The molecule has 25 heavy (non-hydrogen) atoms. The highest BCUT2D eigenvalue weighted by Gasteiger charge is 2.18. The number of rotatable bonds is 4. The van der Waals surface area contributed by atoms with Crippen molar-refractivity contribution in [3.63, 3.8) is 0 Å². The molecule has 1 atom stereocenters. The SMILES string of the molecule is CN1CCCC(COc2cc(-c3ccc(Cl)cc3)c3nccn3n2)C1. The van der Waals surface area contributed by atoms with Crippen LogP contribution in [0.4, 0.5) is 0 Å². The third-order valence-corrected chi connectivity index (χ3v) is 4.93. The minimum absolute atomic E-state index is 0.554. The van der Waals surface area contributed by atoms with E-state index < -0.39 is 0 Å². The summed E-state index contributed by atoms with van der Waals surface area (Å²) in [6.45, 7) is 2.95. The molecule has 5 nitrogen and oxygen atoms in total. The molecule has 0 saturated carbocycles. The Bertz CT molecular complexity index is 861. The van der Waals surface area contributed by atoms with Gasteiger partial charge in [0.05, 0.1) is 6.61 Å². The minimum atomic E-state index is 0.554. The lowest BCUT2D eigenvalue weighted by Gasteiger charge is -2.29. The van der Waals surface area contributed by atoms with Crippen LogP contribution in [0.5, 0.6) is 5.88 Å². The fourth-order valence-corrected chi connectivity index (χ4v) is 3.54. The summed E-state index contributed by atoms with van der Waals surface area (Å²) in [7, 11) is 2.17. The highest BCUT2D eigenvalue weighted by Crippen LogP contribution is 2.28. The number of likely N-dealkylation sites (tertiary alicyclic amines) is 1. The van der Waals surface area contributed by atoms with Crippen LogP contribution in [-0.4, -0.2) is 46.2 Å². The zero-order chi connectivity index (χ0) is 17.2. The van der Waals surface area contributed by atoms with Gasteiger partial charge in [-0.25, -0.2) is 9.50 Å². The molecule has 1 aliphatic heterocycles. The van der Waals surface area contributed by atoms with Crippen molar-refractivity contribution in [2.24, 2.45) is 5.92 Å². The monoisotopic (exact) mass is 356 g/mol. The molecule has 1 saturated heterocycles. The molecule has 1 aliphatic rings. The van der Waals surface area contributed by atoms with Crippen LogP contribution in [0.25, 0.3) is 16.8 Å². The summed E-state index contributed by atoms with van der Waals surface area (Å²) in [5, 5.41) is 5.25. The number of hydrogen-bond donors (Lipinski definition) is 0. The van der Waals surface area contributed by atoms with E-state index in [0.29, 0.717) is 18.4 Å². The maximum Gasteiger partial charge on any atom is 0.232 e. The Morgan fingerprint density at radius 3 is 2.92 bits per heavy atom. The Labute approximate surface area is 152 Å². The summed E-state index contributed by atoms with van der Waals surface area (Å²) in [6, 6.07) is 9.72. The molecule has 3 heterocycles. The molecule has 3 aromatic rings. The van der Waals surface area contributed by atoms with Crippen molar-refractivity contribution >= 4 is 17.2 Å². The summed E-state index contributed by atoms with van der Waals surface area (Å²) >= 11 is 6.01. The lowest BCUT2D eigenvalue weighted by Crippen LogP contribution is -2.34. The number of fused-ring (bicyclic) bond motifs is 1. The van der Waals surface area contributed by atoms with Gasteiger partial charge in [-0.15, -0.1) is 5.10 Å². The van der Waals surface area contributed by atoms with Gasteiger partial charge in [0.15, 0.2) is 5.65 Å². The van der Waals surface area contributed by atoms with E-state index in [0.717, 1.165) is 28.3 Å². The fourth-order valence-electron chi connectivity index (χ4n) is 3.42. The van der Waals surface area contributed by atoms with Crippen LogP contribution in [0.2, 0.25) is 5.02 Å². The van der Waals surface area contributed by atoms with Gasteiger partial charge in [-0.2, -0.15) is 0 Å². The summed E-state index contributed by atoms with van der Waals surface area (Å²) < 4.78 is 7.81. The average molecular weight is 357 g/mol. The molecule has 2 aromatic heterocycles. The van der Waals surface area contributed by atoms with Gasteiger partial charge in [0.25, 0.3) is 0 Å². The van der Waals surface area contributed by atoms with Gasteiger partial charge in [0.2, 0.25) is 5.88 Å². The molecule has 6 heteroatoms. The largest absolute Gasteiger partial charge is 0.476 e. The van der Waals surface area contributed by atoms with Crippen LogP contribution in [0, 0.1) is 5.92 Å². The smallest absolute Gasteiger partial charge is 0.232 e. The van der Waals surface area contributed by atoms with E-state index in [2.05, 4.69) is 22.0 Å². The Morgan fingerprint density at radius 2 is 2.12 bits per heavy atom. The number of halogens is 1. The van der Waals surface area contributed by atoms with Crippen molar-refractivity contribution in [3.8, 4) is 17.0 Å². The van der Waals surface area contributed by atoms with E-state index in [4.69, 9.17) is 16.3 Å². The second kappa shape index (κ2) is 7.02. The van der Waals surface area contributed by atoms with E-state index in [1.165, 1.54) is 19.4 Å². The molecule has 4 rings (SSSR count). The normalized spacial score (nSPS) is 18.6. The van der Waals surface area contributed by atoms with Gasteiger partial charge >= 0.3 is 0 Å². The van der Waals surface area contributed by atoms with Crippen molar-refractivity contribution < 1.29 is 4.74 Å². The summed E-state index contributed by atoms with van der Waals surface area (Å²) in [5.74, 6) is 1.18. The number of ether oxygens (including phenoxy) is 1. The Balaban J connectivity index is 1.60. The second-order valence-electron chi connectivity index (χ2n) is 6.68. The van der Waals surface area contributed by atoms with Crippen molar-refractivity contribution in [2.75, 3.05) is 26.7 Å². The molecule has 1 aromatic carbocycles. The van der Waals surface area contributed by atoms with E-state index in [9.17, 15) is 0 Å². The highest BCUT2D eigenvalue weighted by atomic mass is 35.5. The zero-order valence-electron chi connectivity index (χ0n) is 14.2. The van der Waals surface area contributed by atoms with Crippen LogP contribution < -0.4 is 4.74 Å². The van der Waals surface area contributed by atoms with Crippen LogP contribution in [0.3, 0.4) is 0 Å². The number of imidazole rings is 1. The maximum absolute atomic E-state index is 6.04. The molecular weight excluding hydrogens is 336 g/mol. The van der Waals surface area contributed by atoms with E-state index in [-0.39, 0.29) is 0 Å². The van der Waals surface area contributed by atoms with E-state index >= 15 is 0 Å². The summed E-state index contributed by atoms with van der Waals surface area (Å²) in [4.78, 5) is 6.79. The molecule has 0 bridgehead atoms. The first-order valence-electron chi connectivity index (χ1n) is 8.61. The van der Waals surface area contributed by atoms with Gasteiger partial charge in [-0.05, 0) is 44.1 Å². The number of aromatic nitrogens is 3. The van der Waals surface area contributed by atoms with Crippen molar-refractivity contribution in [1.82, 2.24) is 19.5 Å². The van der Waals surface area contributed by atoms with Gasteiger partial charge in [-0.3, -0.25) is 0 Å². The third kappa shape index (κ3) is 3.62. The van der Waals surface area contributed by atoms with Gasteiger partial charge in [0.1, 0.15) is 0 Å². The Morgan fingerprint density at radius 1 is 1.28 bits per heavy atom. The number of nitrogens with zero attached hydrogens (tertiary/aromatic N) is 4. The van der Waals surface area contributed by atoms with Crippen LogP contribution in [-0.2, 0) is 0 Å². The topological polar surface area (TPSA) is 42.7 Å². The van der Waals surface area contributed by atoms with Gasteiger partial charge < -0.3 is 9.64 Å². The zero-order valence-corrected chi connectivity index (χ0v) is 15.0. The first-order chi connectivity index (χ1) is 12.2. The first-order valence-corrected chi connectivity index (χ1v) is 8.98. The lowest BCUT2D eigenvalue weighted by atomic mass is 10.00. The van der Waals surface area contributed by atoms with Crippen LogP contribution in [0.15, 0.2) is 42.7 Å². The number of piperidine rings is 1. The predicted octanol–water partition coefficient (Wildman–Crippen LogP) is 3.77. The van der Waals surface area contributed by atoms with Crippen LogP contribution in [0.1, 0.15) is 12.8 Å². The van der Waals surface area contributed by atoms with Gasteiger partial charge in [0, 0.05) is 41.5 Å². The molecule has 130 valence electrons. The van der Waals surface area contributed by atoms with E-state index in [1.807, 2.05) is 36.5 Å². The standard InChI is InChI=1S/C19H21ClN4O/c1-23-9-2-3-14(12-23)13-25-18-11-17(15-4-6-16(20)7-5-15)19-21-8-10-24(19)22-18/h4-8,10-11,14H,2-3,9,12-13H2,1H3. The lowest BCUT2D eigenvalue weighted by molar-refractivity contribution is 0.146. The number of hydrogen-bond acceptors (Lipinski definition) is 4. The van der Waals surface area contributed by atoms with Gasteiger partial charge in [-0.1, -0.05) is 23.7 Å². The van der Waals surface area contributed by atoms with Crippen molar-refractivity contribution in [2.45, 2.75) is 12.8 Å². The average Bonchev–Trinajstić information content (AvgIpc) is 3.09. The predicted molar refractivity (Wildman–Crippen MR) is 99.1 cm³/mol. The molecule has 0 amide bonds. The van der Waals surface area contributed by atoms with Crippen molar-refractivity contribution in [1.29, 1.82) is 0 Å².